The van der Waals surface area contributed by atoms with Crippen molar-refractivity contribution in [3.05, 3.63) is 11.6 Å². The highest BCUT2D eigenvalue weighted by atomic mass is 16.8. The summed E-state index contributed by atoms with van der Waals surface area (Å²) in [6.45, 7) is 16.3. The third-order valence-corrected chi connectivity index (χ3v) is 19.6. The lowest BCUT2D eigenvalue weighted by molar-refractivity contribution is -0.390. The van der Waals surface area contributed by atoms with E-state index in [1.165, 1.54) is 19.8 Å². The smallest absolute Gasteiger partial charge is 0.187 e. The molecule has 1 unspecified atom stereocenters. The van der Waals surface area contributed by atoms with Crippen LogP contribution in [0.25, 0.3) is 0 Å². The highest BCUT2D eigenvalue weighted by Crippen LogP contribution is 2.89. The molecule has 2 spiro atoms. The zero-order valence-electron chi connectivity index (χ0n) is 39.1. The zero-order valence-corrected chi connectivity index (χ0v) is 39.1. The summed E-state index contributed by atoms with van der Waals surface area (Å²) >= 11 is 0. The van der Waals surface area contributed by atoms with Crippen molar-refractivity contribution in [2.45, 2.75) is 224 Å². The van der Waals surface area contributed by atoms with E-state index in [9.17, 15) is 51.1 Å². The third kappa shape index (κ3) is 7.63. The van der Waals surface area contributed by atoms with Crippen LogP contribution in [0, 0.1) is 50.7 Å². The Morgan fingerprint density at radius 2 is 1.25 bits per heavy atom. The van der Waals surface area contributed by atoms with E-state index in [-0.39, 0.29) is 45.7 Å². The van der Waals surface area contributed by atoms with Gasteiger partial charge >= 0.3 is 0 Å². The van der Waals surface area contributed by atoms with E-state index in [1.807, 2.05) is 13.0 Å². The quantitative estimate of drug-likeness (QED) is 0.0987. The fourth-order valence-electron chi connectivity index (χ4n) is 15.5. The van der Waals surface area contributed by atoms with Crippen molar-refractivity contribution in [2.75, 3.05) is 13.2 Å². The van der Waals surface area contributed by atoms with Crippen LogP contribution in [0.3, 0.4) is 0 Å². The second-order valence-electron chi connectivity index (χ2n) is 22.8. The van der Waals surface area contributed by atoms with Gasteiger partial charge in [0.2, 0.25) is 0 Å². The normalized spacial score (nSPS) is 54.5. The summed E-state index contributed by atoms with van der Waals surface area (Å²) in [6.07, 6.45) is -10.0. The van der Waals surface area contributed by atoms with E-state index in [0.717, 1.165) is 50.5 Å². The Kier molecular flexibility index (Phi) is 13.8. The molecule has 10 N–H and O–H groups in total. The molecule has 16 heteroatoms. The van der Waals surface area contributed by atoms with Gasteiger partial charge in [-0.2, -0.15) is 0 Å². The van der Waals surface area contributed by atoms with E-state index in [4.69, 9.17) is 28.4 Å². The van der Waals surface area contributed by atoms with Crippen LogP contribution >= 0.6 is 0 Å². The summed E-state index contributed by atoms with van der Waals surface area (Å²) in [4.78, 5) is 0. The van der Waals surface area contributed by atoms with Gasteiger partial charge in [-0.3, -0.25) is 0 Å². The van der Waals surface area contributed by atoms with Crippen LogP contribution < -0.4 is 0 Å². The molecule has 0 aromatic carbocycles. The van der Waals surface area contributed by atoms with Crippen LogP contribution in [0.4, 0.5) is 0 Å². The van der Waals surface area contributed by atoms with Crippen LogP contribution in [-0.4, -0.2) is 169 Å². The lowest BCUT2D eigenvalue weighted by atomic mass is 9.41. The summed E-state index contributed by atoms with van der Waals surface area (Å²) < 4.78 is 37.3. The van der Waals surface area contributed by atoms with E-state index < -0.39 is 105 Å². The Labute approximate surface area is 378 Å². The molecular formula is C48H80O16. The number of hydrogen-bond donors (Lipinski definition) is 10. The van der Waals surface area contributed by atoms with Gasteiger partial charge in [-0.25, -0.2) is 0 Å². The minimum absolute atomic E-state index is 0.00753. The van der Waals surface area contributed by atoms with Gasteiger partial charge in [0.05, 0.1) is 37.6 Å². The fourth-order valence-corrected chi connectivity index (χ4v) is 15.5. The molecule has 64 heavy (non-hydrogen) atoms. The van der Waals surface area contributed by atoms with Crippen molar-refractivity contribution in [3.63, 3.8) is 0 Å². The van der Waals surface area contributed by atoms with Crippen LogP contribution in [0.2, 0.25) is 0 Å². The lowest BCUT2D eigenvalue weighted by Gasteiger charge is -2.63. The first-order chi connectivity index (χ1) is 30.0. The maximum atomic E-state index is 12.1. The van der Waals surface area contributed by atoms with Crippen LogP contribution in [0.5, 0.6) is 0 Å². The topological polar surface area (TPSA) is 258 Å². The van der Waals surface area contributed by atoms with Gasteiger partial charge in [-0.15, -0.1) is 0 Å². The van der Waals surface area contributed by atoms with Gasteiger partial charge in [-0.05, 0) is 136 Å². The van der Waals surface area contributed by atoms with Gasteiger partial charge in [0, 0.05) is 0 Å². The summed E-state index contributed by atoms with van der Waals surface area (Å²) in [5, 5.41) is 107. The second kappa shape index (κ2) is 17.8. The number of hydrogen-bond acceptors (Lipinski definition) is 16. The monoisotopic (exact) mass is 913 g/mol. The SMILES string of the molecule is C/C(=C/C[C@H](O)[C@@H](C)[C@H]1CC[C@@]2(C)[C@@H]3CCC4C(C)(C)[C@@H](O[C@@H]5O[C@H](C)[C@H](O[C@@H]6O[C@H](CO)[C@@H](O)[C@H](O)[C@H]6O)[C@H](O)[C@H]5O[C@@H]5O[C@@H](C)[C@H](O)[C@@H](O)[C@H]5O)CC[C@@]45C[C@@]35CC[C@]12C)CO. The lowest BCUT2D eigenvalue weighted by Crippen LogP contribution is -2.66. The Morgan fingerprint density at radius 1 is 0.641 bits per heavy atom. The number of aliphatic hydroxyl groups is 10. The fraction of sp³-hybridized carbons (Fsp3) is 0.958. The van der Waals surface area contributed by atoms with Crippen molar-refractivity contribution in [1.82, 2.24) is 0 Å². The van der Waals surface area contributed by atoms with Gasteiger partial charge < -0.3 is 79.5 Å². The molecule has 8 rings (SSSR count). The Bertz CT molecular complexity index is 1680. The van der Waals surface area contributed by atoms with E-state index in [0.29, 0.717) is 24.2 Å². The van der Waals surface area contributed by atoms with Crippen molar-refractivity contribution in [1.29, 1.82) is 0 Å². The molecule has 0 aromatic rings. The van der Waals surface area contributed by atoms with Crippen molar-refractivity contribution in [3.8, 4) is 0 Å². The Morgan fingerprint density at radius 3 is 1.92 bits per heavy atom. The van der Waals surface area contributed by atoms with Gasteiger partial charge in [0.25, 0.3) is 0 Å². The first-order valence-corrected chi connectivity index (χ1v) is 24.3. The molecule has 5 aliphatic carbocycles. The van der Waals surface area contributed by atoms with Crippen LogP contribution in [-0.2, 0) is 28.4 Å². The van der Waals surface area contributed by atoms with E-state index in [1.54, 1.807) is 6.92 Å². The summed E-state index contributed by atoms with van der Waals surface area (Å²) in [6, 6.07) is 0. The molecule has 3 aliphatic heterocycles. The first kappa shape index (κ1) is 49.5. The summed E-state index contributed by atoms with van der Waals surface area (Å²) in [7, 11) is 0. The number of ether oxygens (including phenoxy) is 6. The minimum Gasteiger partial charge on any atom is -0.394 e. The Hall–Kier alpha value is -0.900. The van der Waals surface area contributed by atoms with E-state index >= 15 is 0 Å². The standard InChI is InChI=1S/C48H80O16/c1-22(19-49)9-10-27(51)23(2)26-13-15-46(8)30-12-11-29-44(5,6)31(14-16-47(29)21-48(30,47)18-17-45(26,46)7)62-43-40(64-41-36(56)34(54)32(52)24(3)59-41)38(58)39(25(4)60-43)63-42-37(57)35(55)33(53)28(20-50)61-42/h9,23-43,49-58H,10-21H2,1-8H3/b22-9-/t23-,24-,25+,26+,27-,28+,29?,30-,31-,32-,33+,34+,35-,36+,37+,38-,39-,40+,41-,42-,43-,45+,46-,47+,48-/m0/s1. The van der Waals surface area contributed by atoms with Crippen molar-refractivity contribution in [2.24, 2.45) is 50.7 Å². The molecule has 0 aromatic heterocycles. The second-order valence-corrected chi connectivity index (χ2v) is 22.8. The first-order valence-electron chi connectivity index (χ1n) is 24.3. The predicted octanol–water partition coefficient (Wildman–Crippen LogP) is 1.64. The highest BCUT2D eigenvalue weighted by molar-refractivity contribution is 5.31. The molecule has 3 heterocycles. The molecule has 0 amide bonds. The summed E-state index contributed by atoms with van der Waals surface area (Å²) in [5.74, 6) is 1.51. The molecule has 16 nitrogen and oxygen atoms in total. The third-order valence-electron chi connectivity index (χ3n) is 19.6. The average Bonchev–Trinajstić information content (AvgIpc) is 3.85. The molecular weight excluding hydrogens is 833 g/mol. The molecule has 0 radical (unpaired) electrons. The number of aliphatic hydroxyl groups excluding tert-OH is 10. The van der Waals surface area contributed by atoms with Crippen molar-refractivity contribution < 1.29 is 79.5 Å². The highest BCUT2D eigenvalue weighted by Gasteiger charge is 2.82. The molecule has 5 saturated carbocycles. The minimum atomic E-state index is -1.75. The van der Waals surface area contributed by atoms with Crippen LogP contribution in [0.15, 0.2) is 11.6 Å². The number of fused-ring (bicyclic) bond motifs is 2. The van der Waals surface area contributed by atoms with E-state index in [2.05, 4.69) is 34.6 Å². The molecule has 8 fully saturated rings. The maximum absolute atomic E-state index is 12.1. The number of rotatable bonds is 12. The molecule has 0 bridgehead atoms. The molecule has 8 aliphatic rings. The zero-order chi connectivity index (χ0) is 46.6. The van der Waals surface area contributed by atoms with Crippen LogP contribution in [0.1, 0.15) is 120 Å². The molecule has 25 atom stereocenters. The Balaban J connectivity index is 1.00. The predicted molar refractivity (Wildman–Crippen MR) is 229 cm³/mol. The van der Waals surface area contributed by atoms with Gasteiger partial charge in [0.1, 0.15) is 61.0 Å². The average molecular weight is 913 g/mol. The molecule has 368 valence electrons. The maximum Gasteiger partial charge on any atom is 0.187 e. The largest absolute Gasteiger partial charge is 0.394 e. The van der Waals surface area contributed by atoms with Gasteiger partial charge in [-0.1, -0.05) is 46.3 Å². The van der Waals surface area contributed by atoms with Crippen molar-refractivity contribution >= 4 is 0 Å². The van der Waals surface area contributed by atoms with Gasteiger partial charge in [0.15, 0.2) is 18.9 Å². The molecule has 3 saturated heterocycles. The summed E-state index contributed by atoms with van der Waals surface area (Å²) in [5.41, 5.74) is 1.24.